The van der Waals surface area contributed by atoms with Crippen LogP contribution in [0, 0.1) is 6.92 Å². The van der Waals surface area contributed by atoms with E-state index in [1.54, 1.807) is 17.4 Å². The van der Waals surface area contributed by atoms with E-state index in [1.165, 1.54) is 0 Å². The zero-order chi connectivity index (χ0) is 17.5. The van der Waals surface area contributed by atoms with Crippen LogP contribution in [0.4, 0.5) is 0 Å². The number of hydrogen-bond donors (Lipinski definition) is 2. The fourth-order valence-electron chi connectivity index (χ4n) is 2.29. The van der Waals surface area contributed by atoms with Gasteiger partial charge in [-0.25, -0.2) is 4.98 Å². The molecule has 1 aromatic carbocycles. The van der Waals surface area contributed by atoms with Crippen molar-refractivity contribution in [1.82, 2.24) is 15.2 Å². The summed E-state index contributed by atoms with van der Waals surface area (Å²) in [7, 11) is 1.96. The number of aliphatic hydroxyl groups excluding tert-OH is 1. The molecule has 0 aliphatic carbocycles. The van der Waals surface area contributed by atoms with Gasteiger partial charge in [-0.15, -0.1) is 11.3 Å². The lowest BCUT2D eigenvalue weighted by Crippen LogP contribution is -2.38. The number of halogens is 1. The molecule has 0 radical (unpaired) electrons. The van der Waals surface area contributed by atoms with Crippen molar-refractivity contribution in [3.8, 4) is 0 Å². The van der Waals surface area contributed by atoms with E-state index in [4.69, 9.17) is 11.6 Å². The molecule has 24 heavy (non-hydrogen) atoms. The molecule has 1 unspecified atom stereocenters. The SMILES string of the molecule is CCNC(=NCC(O)c1ccccc1Cl)N(C)Cc1csc(C)n1. The average Bonchev–Trinajstić information content (AvgIpc) is 2.96. The van der Waals surface area contributed by atoms with E-state index in [9.17, 15) is 5.11 Å². The number of aliphatic imine (C=N–C) groups is 1. The third-order valence-corrected chi connectivity index (χ3v) is 4.61. The van der Waals surface area contributed by atoms with Gasteiger partial charge in [0.1, 0.15) is 6.10 Å². The summed E-state index contributed by atoms with van der Waals surface area (Å²) in [5.74, 6) is 0.731. The average molecular weight is 367 g/mol. The van der Waals surface area contributed by atoms with Gasteiger partial charge in [0, 0.05) is 29.6 Å². The second kappa shape index (κ2) is 9.01. The van der Waals surface area contributed by atoms with E-state index in [0.29, 0.717) is 17.1 Å². The molecule has 130 valence electrons. The highest BCUT2D eigenvalue weighted by Gasteiger charge is 2.13. The van der Waals surface area contributed by atoms with Crippen LogP contribution in [0.3, 0.4) is 0 Å². The van der Waals surface area contributed by atoms with Crippen molar-refractivity contribution in [3.05, 3.63) is 50.9 Å². The third kappa shape index (κ3) is 5.19. The van der Waals surface area contributed by atoms with Crippen LogP contribution in [-0.4, -0.2) is 41.1 Å². The van der Waals surface area contributed by atoms with E-state index in [1.807, 2.05) is 49.4 Å². The Bertz CT molecular complexity index is 689. The predicted molar refractivity (Wildman–Crippen MR) is 101 cm³/mol. The molecule has 0 spiro atoms. The van der Waals surface area contributed by atoms with Gasteiger partial charge in [0.15, 0.2) is 5.96 Å². The first-order chi connectivity index (χ1) is 11.5. The number of benzene rings is 1. The first-order valence-electron chi connectivity index (χ1n) is 7.84. The normalized spacial score (nSPS) is 13.0. The number of nitrogens with one attached hydrogen (secondary N) is 1. The Balaban J connectivity index is 2.05. The summed E-state index contributed by atoms with van der Waals surface area (Å²) in [6.07, 6.45) is -0.734. The summed E-state index contributed by atoms with van der Waals surface area (Å²) >= 11 is 7.76. The maximum absolute atomic E-state index is 10.3. The molecule has 0 saturated heterocycles. The number of guanidine groups is 1. The van der Waals surface area contributed by atoms with Crippen molar-refractivity contribution in [1.29, 1.82) is 0 Å². The number of aliphatic hydroxyl groups is 1. The number of hydrogen-bond acceptors (Lipinski definition) is 4. The standard InChI is InChI=1S/C17H23ClN4OS/c1-4-19-17(22(3)10-13-11-24-12(2)21-13)20-9-16(23)14-7-5-6-8-15(14)18/h5-8,11,16,23H,4,9-10H2,1-3H3,(H,19,20). The molecule has 0 fully saturated rings. The van der Waals surface area contributed by atoms with Gasteiger partial charge in [0.05, 0.1) is 23.8 Å². The molecule has 2 aromatic rings. The van der Waals surface area contributed by atoms with Crippen molar-refractivity contribution in [2.24, 2.45) is 4.99 Å². The molecule has 2 rings (SSSR count). The summed E-state index contributed by atoms with van der Waals surface area (Å²) < 4.78 is 0. The Hall–Kier alpha value is -1.63. The largest absolute Gasteiger partial charge is 0.386 e. The van der Waals surface area contributed by atoms with Crippen molar-refractivity contribution < 1.29 is 5.11 Å². The van der Waals surface area contributed by atoms with Crippen molar-refractivity contribution >= 4 is 28.9 Å². The Kier molecular flexibility index (Phi) is 7.02. The van der Waals surface area contributed by atoms with Crippen molar-refractivity contribution in [3.63, 3.8) is 0 Å². The smallest absolute Gasteiger partial charge is 0.194 e. The Morgan fingerprint density at radius 2 is 2.21 bits per heavy atom. The Morgan fingerprint density at radius 3 is 2.83 bits per heavy atom. The number of nitrogens with zero attached hydrogens (tertiary/aromatic N) is 3. The minimum absolute atomic E-state index is 0.243. The lowest BCUT2D eigenvalue weighted by atomic mass is 10.1. The van der Waals surface area contributed by atoms with Crippen molar-refractivity contribution in [2.75, 3.05) is 20.1 Å². The van der Waals surface area contributed by atoms with Crippen LogP contribution in [0.15, 0.2) is 34.6 Å². The van der Waals surface area contributed by atoms with Gasteiger partial charge in [-0.05, 0) is 19.9 Å². The van der Waals surface area contributed by atoms with Crippen LogP contribution in [0.5, 0.6) is 0 Å². The van der Waals surface area contributed by atoms with Crippen LogP contribution in [0.2, 0.25) is 5.02 Å². The van der Waals surface area contributed by atoms with Gasteiger partial charge in [-0.3, -0.25) is 4.99 Å². The maximum Gasteiger partial charge on any atom is 0.194 e. The fourth-order valence-corrected chi connectivity index (χ4v) is 3.15. The molecule has 1 atom stereocenters. The van der Waals surface area contributed by atoms with Crippen LogP contribution >= 0.6 is 22.9 Å². The number of aryl methyl sites for hydroxylation is 1. The number of rotatable bonds is 6. The second-order valence-electron chi connectivity index (χ2n) is 5.45. The molecule has 0 saturated carbocycles. The van der Waals surface area contributed by atoms with Gasteiger partial charge in [0.25, 0.3) is 0 Å². The van der Waals surface area contributed by atoms with Crippen LogP contribution in [-0.2, 0) is 6.54 Å². The highest BCUT2D eigenvalue weighted by molar-refractivity contribution is 7.09. The summed E-state index contributed by atoms with van der Waals surface area (Å²) in [4.78, 5) is 11.0. The van der Waals surface area contributed by atoms with Gasteiger partial charge in [-0.2, -0.15) is 0 Å². The predicted octanol–water partition coefficient (Wildman–Crippen LogP) is 3.24. The number of aromatic nitrogens is 1. The molecule has 2 N–H and O–H groups in total. The van der Waals surface area contributed by atoms with Gasteiger partial charge < -0.3 is 15.3 Å². The van der Waals surface area contributed by atoms with Crippen LogP contribution in [0.25, 0.3) is 0 Å². The van der Waals surface area contributed by atoms with Crippen LogP contribution in [0.1, 0.15) is 29.3 Å². The highest BCUT2D eigenvalue weighted by Crippen LogP contribution is 2.22. The minimum Gasteiger partial charge on any atom is -0.386 e. The molecule has 0 amide bonds. The molecule has 1 aromatic heterocycles. The summed E-state index contributed by atoms with van der Waals surface area (Å²) in [5.41, 5.74) is 1.70. The highest BCUT2D eigenvalue weighted by atomic mass is 35.5. The molecule has 7 heteroatoms. The fraction of sp³-hybridized carbons (Fsp3) is 0.412. The second-order valence-corrected chi connectivity index (χ2v) is 6.92. The van der Waals surface area contributed by atoms with Crippen LogP contribution < -0.4 is 5.32 Å². The summed E-state index contributed by atoms with van der Waals surface area (Å²) in [6, 6.07) is 7.29. The maximum atomic E-state index is 10.3. The van der Waals surface area contributed by atoms with Crippen molar-refractivity contribution in [2.45, 2.75) is 26.5 Å². The zero-order valence-corrected chi connectivity index (χ0v) is 15.7. The summed E-state index contributed by atoms with van der Waals surface area (Å²) in [5, 5.41) is 17.2. The molecule has 0 bridgehead atoms. The van der Waals surface area contributed by atoms with Gasteiger partial charge in [-0.1, -0.05) is 29.8 Å². The zero-order valence-electron chi connectivity index (χ0n) is 14.2. The lowest BCUT2D eigenvalue weighted by molar-refractivity contribution is 0.186. The van der Waals surface area contributed by atoms with E-state index in [0.717, 1.165) is 23.2 Å². The van der Waals surface area contributed by atoms with E-state index in [-0.39, 0.29) is 6.54 Å². The quantitative estimate of drug-likeness (QED) is 0.608. The third-order valence-electron chi connectivity index (χ3n) is 3.44. The Morgan fingerprint density at radius 1 is 1.46 bits per heavy atom. The molecule has 5 nitrogen and oxygen atoms in total. The van der Waals surface area contributed by atoms with E-state index >= 15 is 0 Å². The van der Waals surface area contributed by atoms with Gasteiger partial charge >= 0.3 is 0 Å². The first kappa shape index (κ1) is 18.7. The van der Waals surface area contributed by atoms with Gasteiger partial charge in [0.2, 0.25) is 0 Å². The monoisotopic (exact) mass is 366 g/mol. The molecular weight excluding hydrogens is 344 g/mol. The van der Waals surface area contributed by atoms with E-state index in [2.05, 4.69) is 15.3 Å². The molecule has 1 heterocycles. The molecule has 0 aliphatic rings. The Labute approximate surface area is 152 Å². The van der Waals surface area contributed by atoms with E-state index < -0.39 is 6.10 Å². The number of thiazole rings is 1. The molecular formula is C17H23ClN4OS. The minimum atomic E-state index is -0.734. The topological polar surface area (TPSA) is 60.8 Å². The lowest BCUT2D eigenvalue weighted by Gasteiger charge is -2.22. The first-order valence-corrected chi connectivity index (χ1v) is 9.10. The summed E-state index contributed by atoms with van der Waals surface area (Å²) in [6.45, 7) is 5.67. The molecule has 0 aliphatic heterocycles.